The zero-order valence-electron chi connectivity index (χ0n) is 9.95. The highest BCUT2D eigenvalue weighted by molar-refractivity contribution is 5.73. The van der Waals surface area contributed by atoms with E-state index in [0.29, 0.717) is 25.4 Å². The summed E-state index contributed by atoms with van der Waals surface area (Å²) in [6.45, 7) is 1.10. The number of nitrogens with one attached hydrogen (secondary N) is 2. The summed E-state index contributed by atoms with van der Waals surface area (Å²) in [6, 6.07) is -0.204. The Morgan fingerprint density at radius 3 is 2.76 bits per heavy atom. The van der Waals surface area contributed by atoms with Crippen LogP contribution in [0.3, 0.4) is 0 Å². The van der Waals surface area contributed by atoms with Crippen molar-refractivity contribution in [3.05, 3.63) is 12.2 Å². The maximum absolute atomic E-state index is 11.3. The fraction of sp³-hybridized carbons (Fsp3) is 0.667. The first-order valence-electron chi connectivity index (χ1n) is 6.07. The zero-order chi connectivity index (χ0) is 12.5. The average Bonchev–Trinajstić information content (AvgIpc) is 2.33. The third kappa shape index (κ3) is 6.60. The van der Waals surface area contributed by atoms with Crippen molar-refractivity contribution in [1.82, 2.24) is 10.6 Å². The maximum Gasteiger partial charge on any atom is 0.314 e. The molecule has 0 aromatic heterocycles. The molecule has 0 aliphatic heterocycles. The van der Waals surface area contributed by atoms with E-state index in [0.717, 1.165) is 19.3 Å². The summed E-state index contributed by atoms with van der Waals surface area (Å²) in [5, 5.41) is 13.9. The van der Waals surface area contributed by atoms with Gasteiger partial charge >= 0.3 is 12.0 Å². The molecule has 1 unspecified atom stereocenters. The Balaban J connectivity index is 2.00. The van der Waals surface area contributed by atoms with E-state index in [1.165, 1.54) is 0 Å². The Morgan fingerprint density at radius 2 is 2.12 bits per heavy atom. The van der Waals surface area contributed by atoms with Crippen molar-refractivity contribution >= 4 is 12.0 Å². The Hall–Kier alpha value is -1.52. The van der Waals surface area contributed by atoms with Gasteiger partial charge in [0, 0.05) is 19.5 Å². The first-order valence-corrected chi connectivity index (χ1v) is 6.07. The van der Waals surface area contributed by atoms with E-state index in [9.17, 15) is 9.59 Å². The van der Waals surface area contributed by atoms with E-state index in [1.54, 1.807) is 0 Å². The van der Waals surface area contributed by atoms with Gasteiger partial charge in [0.2, 0.25) is 0 Å². The Morgan fingerprint density at radius 1 is 1.29 bits per heavy atom. The van der Waals surface area contributed by atoms with Gasteiger partial charge in [0.25, 0.3) is 0 Å². The molecule has 5 heteroatoms. The van der Waals surface area contributed by atoms with Crippen LogP contribution in [0.4, 0.5) is 4.79 Å². The molecule has 3 N–H and O–H groups in total. The van der Waals surface area contributed by atoms with Gasteiger partial charge in [-0.3, -0.25) is 4.79 Å². The van der Waals surface area contributed by atoms with Crippen LogP contribution < -0.4 is 10.6 Å². The minimum Gasteiger partial charge on any atom is -0.481 e. The van der Waals surface area contributed by atoms with E-state index >= 15 is 0 Å². The monoisotopic (exact) mass is 240 g/mol. The van der Waals surface area contributed by atoms with Gasteiger partial charge in [-0.25, -0.2) is 4.79 Å². The van der Waals surface area contributed by atoms with E-state index in [2.05, 4.69) is 22.8 Å². The fourth-order valence-corrected chi connectivity index (χ4v) is 1.78. The van der Waals surface area contributed by atoms with Crippen LogP contribution in [0.25, 0.3) is 0 Å². The number of hydrogen-bond donors (Lipinski definition) is 3. The number of carboxylic acid groups (broad SMARTS) is 1. The highest BCUT2D eigenvalue weighted by atomic mass is 16.4. The molecule has 0 aromatic rings. The van der Waals surface area contributed by atoms with Crippen molar-refractivity contribution in [2.24, 2.45) is 5.92 Å². The SMILES string of the molecule is O=C(O)CCCNC(=O)NCC1CC=CCC1. The van der Waals surface area contributed by atoms with Gasteiger partial charge in [-0.15, -0.1) is 0 Å². The molecule has 0 saturated heterocycles. The molecule has 0 heterocycles. The van der Waals surface area contributed by atoms with E-state index in [4.69, 9.17) is 5.11 Å². The Labute approximate surface area is 101 Å². The third-order valence-corrected chi connectivity index (χ3v) is 2.78. The number of hydrogen-bond acceptors (Lipinski definition) is 2. The summed E-state index contributed by atoms with van der Waals surface area (Å²) in [5.74, 6) is -0.300. The molecular formula is C12H20N2O3. The van der Waals surface area contributed by atoms with Crippen LogP contribution in [0, 0.1) is 5.92 Å². The number of urea groups is 1. The van der Waals surface area contributed by atoms with Crippen molar-refractivity contribution in [1.29, 1.82) is 0 Å². The van der Waals surface area contributed by atoms with Crippen molar-refractivity contribution in [3.63, 3.8) is 0 Å². The average molecular weight is 240 g/mol. The lowest BCUT2D eigenvalue weighted by atomic mass is 9.94. The molecule has 2 amide bonds. The second-order valence-electron chi connectivity index (χ2n) is 4.28. The lowest BCUT2D eigenvalue weighted by Crippen LogP contribution is -2.38. The van der Waals surface area contributed by atoms with Crippen LogP contribution in [0.15, 0.2) is 12.2 Å². The maximum atomic E-state index is 11.3. The number of carbonyl (C=O) groups excluding carboxylic acids is 1. The number of rotatable bonds is 6. The normalized spacial score (nSPS) is 18.7. The van der Waals surface area contributed by atoms with Crippen LogP contribution in [-0.2, 0) is 4.79 Å². The summed E-state index contributed by atoms with van der Waals surface area (Å²) in [7, 11) is 0. The van der Waals surface area contributed by atoms with Crippen molar-refractivity contribution in [2.45, 2.75) is 32.1 Å². The van der Waals surface area contributed by atoms with E-state index in [1.807, 2.05) is 0 Å². The summed E-state index contributed by atoms with van der Waals surface area (Å²) in [6.07, 6.45) is 8.12. The van der Waals surface area contributed by atoms with Crippen molar-refractivity contribution in [3.8, 4) is 0 Å². The van der Waals surface area contributed by atoms with Gasteiger partial charge in [-0.1, -0.05) is 12.2 Å². The molecule has 5 nitrogen and oxygen atoms in total. The van der Waals surface area contributed by atoms with Gasteiger partial charge in [0.1, 0.15) is 0 Å². The second-order valence-corrected chi connectivity index (χ2v) is 4.28. The number of carboxylic acids is 1. The lowest BCUT2D eigenvalue weighted by Gasteiger charge is -2.18. The largest absolute Gasteiger partial charge is 0.481 e. The third-order valence-electron chi connectivity index (χ3n) is 2.78. The minimum absolute atomic E-state index is 0.0910. The van der Waals surface area contributed by atoms with Crippen molar-refractivity contribution < 1.29 is 14.7 Å². The summed E-state index contributed by atoms with van der Waals surface area (Å²) >= 11 is 0. The predicted octanol–water partition coefficient (Wildman–Crippen LogP) is 1.51. The van der Waals surface area contributed by atoms with E-state index < -0.39 is 5.97 Å². The van der Waals surface area contributed by atoms with Gasteiger partial charge in [-0.05, 0) is 31.6 Å². The number of amides is 2. The molecule has 1 rings (SSSR count). The molecule has 0 fully saturated rings. The molecule has 0 radical (unpaired) electrons. The lowest BCUT2D eigenvalue weighted by molar-refractivity contribution is -0.137. The smallest absolute Gasteiger partial charge is 0.314 e. The molecule has 0 aromatic carbocycles. The van der Waals surface area contributed by atoms with Gasteiger partial charge in [0.15, 0.2) is 0 Å². The van der Waals surface area contributed by atoms with Crippen LogP contribution in [0.2, 0.25) is 0 Å². The number of carbonyl (C=O) groups is 2. The molecule has 96 valence electrons. The fourth-order valence-electron chi connectivity index (χ4n) is 1.78. The molecule has 17 heavy (non-hydrogen) atoms. The first kappa shape index (κ1) is 13.5. The number of allylic oxidation sites excluding steroid dienone is 2. The molecular weight excluding hydrogens is 220 g/mol. The summed E-state index contributed by atoms with van der Waals surface area (Å²) < 4.78 is 0. The standard InChI is InChI=1S/C12H20N2O3/c15-11(16)7-4-8-13-12(17)14-9-10-5-2-1-3-6-10/h1-2,10H,3-9H2,(H,15,16)(H2,13,14,17). The molecule has 0 bridgehead atoms. The molecule has 1 atom stereocenters. The van der Waals surface area contributed by atoms with Crippen LogP contribution in [0.5, 0.6) is 0 Å². The minimum atomic E-state index is -0.832. The summed E-state index contributed by atoms with van der Waals surface area (Å²) in [5.41, 5.74) is 0. The molecule has 0 saturated carbocycles. The Kier molecular flexibility index (Phi) is 6.14. The highest BCUT2D eigenvalue weighted by Crippen LogP contribution is 2.16. The Bertz CT molecular complexity index is 289. The molecule has 1 aliphatic rings. The topological polar surface area (TPSA) is 78.4 Å². The van der Waals surface area contributed by atoms with Crippen molar-refractivity contribution in [2.75, 3.05) is 13.1 Å². The summed E-state index contributed by atoms with van der Waals surface area (Å²) in [4.78, 5) is 21.6. The van der Waals surface area contributed by atoms with Crippen LogP contribution in [0.1, 0.15) is 32.1 Å². The van der Waals surface area contributed by atoms with Crippen LogP contribution in [-0.4, -0.2) is 30.2 Å². The second kappa shape index (κ2) is 7.70. The number of aliphatic carboxylic acids is 1. The highest BCUT2D eigenvalue weighted by Gasteiger charge is 2.10. The van der Waals surface area contributed by atoms with Gasteiger partial charge < -0.3 is 15.7 Å². The van der Waals surface area contributed by atoms with Gasteiger partial charge in [0.05, 0.1) is 0 Å². The molecule has 0 spiro atoms. The quantitative estimate of drug-likeness (QED) is 0.486. The zero-order valence-corrected chi connectivity index (χ0v) is 9.95. The molecule has 1 aliphatic carbocycles. The van der Waals surface area contributed by atoms with E-state index in [-0.39, 0.29) is 12.5 Å². The first-order chi connectivity index (χ1) is 8.18. The predicted molar refractivity (Wildman–Crippen MR) is 64.8 cm³/mol. The van der Waals surface area contributed by atoms with Crippen LogP contribution >= 0.6 is 0 Å². The van der Waals surface area contributed by atoms with Gasteiger partial charge in [-0.2, -0.15) is 0 Å².